The van der Waals surface area contributed by atoms with Crippen molar-refractivity contribution < 1.29 is 4.79 Å². The lowest BCUT2D eigenvalue weighted by atomic mass is 10.1. The lowest BCUT2D eigenvalue weighted by Gasteiger charge is -2.22. The molecule has 5 heteroatoms. The van der Waals surface area contributed by atoms with Crippen molar-refractivity contribution >= 4 is 11.6 Å². The molecule has 3 rings (SSSR count). The summed E-state index contributed by atoms with van der Waals surface area (Å²) in [5, 5.41) is 4.17. The highest BCUT2D eigenvalue weighted by Crippen LogP contribution is 2.33. The van der Waals surface area contributed by atoms with E-state index in [2.05, 4.69) is 5.10 Å². The largest absolute Gasteiger partial charge is 0.326 e. The summed E-state index contributed by atoms with van der Waals surface area (Å²) in [5.74, 6) is 0.0311. The minimum Gasteiger partial charge on any atom is -0.326 e. The zero-order valence-electron chi connectivity index (χ0n) is 12.4. The average molecular weight is 284 g/mol. The SMILES string of the molecule is Cc1c(C(=O)N(c2ccc(CN)cc2)C2CC2)cnn1C. The van der Waals surface area contributed by atoms with E-state index in [1.54, 1.807) is 10.9 Å². The van der Waals surface area contributed by atoms with Gasteiger partial charge in [-0.2, -0.15) is 5.10 Å². The van der Waals surface area contributed by atoms with Crippen LogP contribution in [0.1, 0.15) is 34.5 Å². The molecular weight excluding hydrogens is 264 g/mol. The molecule has 0 spiro atoms. The quantitative estimate of drug-likeness (QED) is 0.934. The van der Waals surface area contributed by atoms with Crippen molar-refractivity contribution in [3.05, 3.63) is 47.3 Å². The van der Waals surface area contributed by atoms with Gasteiger partial charge in [-0.3, -0.25) is 9.48 Å². The minimum atomic E-state index is 0.0311. The zero-order valence-corrected chi connectivity index (χ0v) is 12.4. The number of carbonyl (C=O) groups is 1. The predicted molar refractivity (Wildman–Crippen MR) is 82.1 cm³/mol. The highest BCUT2D eigenvalue weighted by molar-refractivity contribution is 6.07. The molecule has 1 saturated carbocycles. The fourth-order valence-corrected chi connectivity index (χ4v) is 2.46. The monoisotopic (exact) mass is 284 g/mol. The Labute approximate surface area is 124 Å². The summed E-state index contributed by atoms with van der Waals surface area (Å²) < 4.78 is 1.73. The summed E-state index contributed by atoms with van der Waals surface area (Å²) in [7, 11) is 1.85. The maximum absolute atomic E-state index is 12.9. The van der Waals surface area contributed by atoms with Crippen molar-refractivity contribution in [3.63, 3.8) is 0 Å². The first-order chi connectivity index (χ1) is 10.1. The summed E-state index contributed by atoms with van der Waals surface area (Å²) in [6.07, 6.45) is 3.77. The second-order valence-electron chi connectivity index (χ2n) is 5.54. The van der Waals surface area contributed by atoms with Crippen LogP contribution < -0.4 is 10.6 Å². The topological polar surface area (TPSA) is 64.2 Å². The van der Waals surface area contributed by atoms with Crippen LogP contribution in [0.4, 0.5) is 5.69 Å². The fourth-order valence-electron chi connectivity index (χ4n) is 2.46. The van der Waals surface area contributed by atoms with Gasteiger partial charge in [0.1, 0.15) is 0 Å². The molecule has 1 fully saturated rings. The number of anilines is 1. The van der Waals surface area contributed by atoms with Crippen LogP contribution >= 0.6 is 0 Å². The second-order valence-corrected chi connectivity index (χ2v) is 5.54. The van der Waals surface area contributed by atoms with Gasteiger partial charge in [0.15, 0.2) is 0 Å². The van der Waals surface area contributed by atoms with Gasteiger partial charge in [-0.15, -0.1) is 0 Å². The Kier molecular flexibility index (Phi) is 3.51. The van der Waals surface area contributed by atoms with Gasteiger partial charge in [0.25, 0.3) is 5.91 Å². The van der Waals surface area contributed by atoms with Crippen LogP contribution in [0.15, 0.2) is 30.5 Å². The molecule has 0 unspecified atom stereocenters. The van der Waals surface area contributed by atoms with E-state index in [9.17, 15) is 4.79 Å². The molecule has 0 saturated heterocycles. The fraction of sp³-hybridized carbons (Fsp3) is 0.375. The molecule has 0 radical (unpaired) electrons. The number of aromatic nitrogens is 2. The molecule has 0 atom stereocenters. The number of hydrogen-bond acceptors (Lipinski definition) is 3. The Morgan fingerprint density at radius 1 is 1.38 bits per heavy atom. The molecule has 1 aliphatic rings. The third-order valence-corrected chi connectivity index (χ3v) is 4.05. The molecule has 1 aliphatic carbocycles. The number of rotatable bonds is 4. The molecular formula is C16H20N4O. The van der Waals surface area contributed by atoms with Crippen LogP contribution in [0.5, 0.6) is 0 Å². The van der Waals surface area contributed by atoms with E-state index in [0.29, 0.717) is 18.2 Å². The van der Waals surface area contributed by atoms with Crippen LogP contribution in [-0.4, -0.2) is 21.7 Å². The van der Waals surface area contributed by atoms with E-state index in [0.717, 1.165) is 29.8 Å². The van der Waals surface area contributed by atoms with Gasteiger partial charge in [0, 0.05) is 31.0 Å². The van der Waals surface area contributed by atoms with Gasteiger partial charge in [-0.25, -0.2) is 0 Å². The number of benzene rings is 1. The van der Waals surface area contributed by atoms with Gasteiger partial charge >= 0.3 is 0 Å². The van der Waals surface area contributed by atoms with Crippen LogP contribution in [0, 0.1) is 6.92 Å². The summed E-state index contributed by atoms with van der Waals surface area (Å²) in [6.45, 7) is 2.43. The number of hydrogen-bond donors (Lipinski definition) is 1. The standard InChI is InChI=1S/C16H20N4O/c1-11-15(10-18-19(11)2)16(21)20(14-7-8-14)13-5-3-12(9-17)4-6-13/h3-6,10,14H,7-9,17H2,1-2H3. The Morgan fingerprint density at radius 3 is 2.52 bits per heavy atom. The molecule has 5 nitrogen and oxygen atoms in total. The van der Waals surface area contributed by atoms with E-state index in [1.165, 1.54) is 0 Å². The van der Waals surface area contributed by atoms with E-state index in [1.807, 2.05) is 43.1 Å². The average Bonchev–Trinajstić information content (AvgIpc) is 3.27. The van der Waals surface area contributed by atoms with E-state index < -0.39 is 0 Å². The molecule has 0 aliphatic heterocycles. The number of nitrogens with zero attached hydrogens (tertiary/aromatic N) is 3. The van der Waals surface area contributed by atoms with Crippen molar-refractivity contribution in [2.75, 3.05) is 4.90 Å². The van der Waals surface area contributed by atoms with Crippen molar-refractivity contribution in [2.45, 2.75) is 32.4 Å². The first-order valence-electron chi connectivity index (χ1n) is 7.23. The van der Waals surface area contributed by atoms with Gasteiger partial charge < -0.3 is 10.6 Å². The third-order valence-electron chi connectivity index (χ3n) is 4.05. The molecule has 1 heterocycles. The predicted octanol–water partition coefficient (Wildman–Crippen LogP) is 2.00. The Balaban J connectivity index is 1.94. The van der Waals surface area contributed by atoms with E-state index in [4.69, 9.17) is 5.73 Å². The maximum Gasteiger partial charge on any atom is 0.261 e. The van der Waals surface area contributed by atoms with Crippen LogP contribution in [0.2, 0.25) is 0 Å². The highest BCUT2D eigenvalue weighted by atomic mass is 16.2. The Morgan fingerprint density at radius 2 is 2.05 bits per heavy atom. The Bertz CT molecular complexity index is 655. The van der Waals surface area contributed by atoms with Crippen molar-refractivity contribution in [2.24, 2.45) is 12.8 Å². The first kappa shape index (κ1) is 13.8. The van der Waals surface area contributed by atoms with Gasteiger partial charge in [-0.1, -0.05) is 12.1 Å². The van der Waals surface area contributed by atoms with Crippen molar-refractivity contribution in [1.29, 1.82) is 0 Å². The molecule has 21 heavy (non-hydrogen) atoms. The summed E-state index contributed by atoms with van der Waals surface area (Å²) in [4.78, 5) is 14.8. The highest BCUT2D eigenvalue weighted by Gasteiger charge is 2.35. The zero-order chi connectivity index (χ0) is 15.0. The molecule has 2 N–H and O–H groups in total. The molecule has 2 aromatic rings. The van der Waals surface area contributed by atoms with Crippen molar-refractivity contribution in [1.82, 2.24) is 9.78 Å². The van der Waals surface area contributed by atoms with Crippen LogP contribution in [0.25, 0.3) is 0 Å². The van der Waals surface area contributed by atoms with Crippen molar-refractivity contribution in [3.8, 4) is 0 Å². The normalized spacial score (nSPS) is 14.2. The Hall–Kier alpha value is -2.14. The lowest BCUT2D eigenvalue weighted by molar-refractivity contribution is 0.0984. The number of nitrogens with two attached hydrogens (primary N) is 1. The first-order valence-corrected chi connectivity index (χ1v) is 7.23. The molecule has 0 bridgehead atoms. The van der Waals surface area contributed by atoms with E-state index in [-0.39, 0.29) is 5.91 Å². The third kappa shape index (κ3) is 2.56. The lowest BCUT2D eigenvalue weighted by Crippen LogP contribution is -2.33. The molecule has 110 valence electrons. The minimum absolute atomic E-state index is 0.0311. The number of amides is 1. The molecule has 1 amide bonds. The van der Waals surface area contributed by atoms with E-state index >= 15 is 0 Å². The maximum atomic E-state index is 12.9. The summed E-state index contributed by atoms with van der Waals surface area (Å²) >= 11 is 0. The molecule has 1 aromatic heterocycles. The number of carbonyl (C=O) groups excluding carboxylic acids is 1. The van der Waals surface area contributed by atoms with Crippen LogP contribution in [-0.2, 0) is 13.6 Å². The summed E-state index contributed by atoms with van der Waals surface area (Å²) in [5.41, 5.74) is 9.20. The van der Waals surface area contributed by atoms with Gasteiger partial charge in [0.2, 0.25) is 0 Å². The summed E-state index contributed by atoms with van der Waals surface area (Å²) in [6, 6.07) is 8.22. The van der Waals surface area contributed by atoms with Gasteiger partial charge in [0.05, 0.1) is 11.8 Å². The van der Waals surface area contributed by atoms with Crippen LogP contribution in [0.3, 0.4) is 0 Å². The van der Waals surface area contributed by atoms with Gasteiger partial charge in [-0.05, 0) is 37.5 Å². The smallest absolute Gasteiger partial charge is 0.261 e. The second kappa shape index (κ2) is 5.33. The molecule has 1 aromatic carbocycles. The number of aryl methyl sites for hydroxylation is 1.